The number of nitrogens with one attached hydrogen (secondary N) is 1. The van der Waals surface area contributed by atoms with Gasteiger partial charge < -0.3 is 9.05 Å². The Balaban J connectivity index is 1.51. The van der Waals surface area contributed by atoms with Crippen molar-refractivity contribution < 1.29 is 17.5 Å². The molecule has 2 aromatic carbocycles. The second kappa shape index (κ2) is 7.75. The van der Waals surface area contributed by atoms with Crippen molar-refractivity contribution in [2.45, 2.75) is 17.9 Å². The highest BCUT2D eigenvalue weighted by molar-refractivity contribution is 7.89. The first kappa shape index (κ1) is 18.1. The van der Waals surface area contributed by atoms with E-state index in [2.05, 4.69) is 20.0 Å². The van der Waals surface area contributed by atoms with Crippen LogP contribution in [0.1, 0.15) is 17.1 Å². The number of sulfonamides is 1. The lowest BCUT2D eigenvalue weighted by molar-refractivity contribution is 0.382. The summed E-state index contributed by atoms with van der Waals surface area (Å²) in [4.78, 5) is 4.41. The zero-order valence-electron chi connectivity index (χ0n) is 14.6. The zero-order chi connectivity index (χ0) is 19.4. The predicted octanol–water partition coefficient (Wildman–Crippen LogP) is 2.79. The number of benzene rings is 2. The number of hydrogen-bond donors (Lipinski definition) is 1. The van der Waals surface area contributed by atoms with Gasteiger partial charge in [0.1, 0.15) is 5.76 Å². The minimum Gasteiger partial charge on any atom is -0.361 e. The molecule has 0 fully saturated rings. The van der Waals surface area contributed by atoms with Gasteiger partial charge >= 0.3 is 0 Å². The second-order valence-corrected chi connectivity index (χ2v) is 7.78. The van der Waals surface area contributed by atoms with Crippen LogP contribution in [0.3, 0.4) is 0 Å². The molecule has 2 aromatic heterocycles. The Morgan fingerprint density at radius 2 is 1.82 bits per heavy atom. The summed E-state index contributed by atoms with van der Waals surface area (Å²) >= 11 is 0. The Hall–Kier alpha value is -3.30. The van der Waals surface area contributed by atoms with Gasteiger partial charge in [-0.25, -0.2) is 13.1 Å². The van der Waals surface area contributed by atoms with Gasteiger partial charge in [0.2, 0.25) is 10.0 Å². The second-order valence-electron chi connectivity index (χ2n) is 6.01. The van der Waals surface area contributed by atoms with E-state index in [1.165, 1.54) is 18.3 Å². The molecule has 0 bridgehead atoms. The summed E-state index contributed by atoms with van der Waals surface area (Å²) in [6.45, 7) is 0.204. The van der Waals surface area contributed by atoms with Crippen LogP contribution < -0.4 is 4.72 Å². The van der Waals surface area contributed by atoms with Crippen molar-refractivity contribution in [3.8, 4) is 11.5 Å². The van der Waals surface area contributed by atoms with Gasteiger partial charge in [-0.2, -0.15) is 4.98 Å². The van der Waals surface area contributed by atoms with Crippen molar-refractivity contribution in [1.82, 2.24) is 20.0 Å². The fourth-order valence-corrected chi connectivity index (χ4v) is 3.65. The lowest BCUT2D eigenvalue weighted by Gasteiger charge is -2.07. The molecule has 0 saturated heterocycles. The van der Waals surface area contributed by atoms with E-state index in [4.69, 9.17) is 9.05 Å². The van der Waals surface area contributed by atoms with Crippen LogP contribution in [0.15, 0.2) is 80.8 Å². The topological polar surface area (TPSA) is 111 Å². The fourth-order valence-electron chi connectivity index (χ4n) is 2.59. The van der Waals surface area contributed by atoms with Crippen LogP contribution in [0.25, 0.3) is 11.5 Å². The van der Waals surface area contributed by atoms with Crippen LogP contribution in [0, 0.1) is 0 Å². The molecule has 4 rings (SSSR count). The van der Waals surface area contributed by atoms with Gasteiger partial charge in [-0.05, 0) is 23.8 Å². The summed E-state index contributed by atoms with van der Waals surface area (Å²) in [5, 5.41) is 7.52. The van der Waals surface area contributed by atoms with E-state index < -0.39 is 10.0 Å². The number of aromatic nitrogens is 3. The maximum absolute atomic E-state index is 12.6. The van der Waals surface area contributed by atoms with Crippen LogP contribution in [0.4, 0.5) is 0 Å². The van der Waals surface area contributed by atoms with E-state index in [1.807, 2.05) is 30.3 Å². The summed E-state index contributed by atoms with van der Waals surface area (Å²) in [6, 6.07) is 17.4. The molecule has 8 nitrogen and oxygen atoms in total. The van der Waals surface area contributed by atoms with Gasteiger partial charge in [0, 0.05) is 18.2 Å². The minimum absolute atomic E-state index is 0.121. The molecule has 0 unspecified atom stereocenters. The number of nitrogens with zero attached hydrogens (tertiary/aromatic N) is 3. The molecule has 28 heavy (non-hydrogen) atoms. The lowest BCUT2D eigenvalue weighted by atomic mass is 10.2. The third kappa shape index (κ3) is 4.16. The van der Waals surface area contributed by atoms with Crippen LogP contribution in [0.5, 0.6) is 0 Å². The van der Waals surface area contributed by atoms with Crippen molar-refractivity contribution in [2.75, 3.05) is 0 Å². The Morgan fingerprint density at radius 1 is 0.964 bits per heavy atom. The van der Waals surface area contributed by atoms with Gasteiger partial charge in [0.05, 0.1) is 17.5 Å². The SMILES string of the molecule is O=S(=O)(NCc1ccccc1)c1cccc(-c2nc(Cc3ccno3)no2)c1. The van der Waals surface area contributed by atoms with Crippen LogP contribution in [-0.2, 0) is 23.0 Å². The van der Waals surface area contributed by atoms with Crippen LogP contribution in [-0.4, -0.2) is 23.7 Å². The highest BCUT2D eigenvalue weighted by Crippen LogP contribution is 2.22. The maximum atomic E-state index is 12.6. The smallest absolute Gasteiger partial charge is 0.257 e. The van der Waals surface area contributed by atoms with Gasteiger partial charge in [-0.1, -0.05) is 46.7 Å². The third-order valence-corrected chi connectivity index (χ3v) is 5.39. The molecule has 0 aliphatic carbocycles. The third-order valence-electron chi connectivity index (χ3n) is 3.99. The molecule has 0 aliphatic heterocycles. The molecule has 2 heterocycles. The van der Waals surface area contributed by atoms with Gasteiger partial charge in [0.15, 0.2) is 5.82 Å². The van der Waals surface area contributed by atoms with Crippen molar-refractivity contribution >= 4 is 10.0 Å². The number of hydrogen-bond acceptors (Lipinski definition) is 7. The normalized spacial score (nSPS) is 11.6. The minimum atomic E-state index is -3.69. The molecular weight excluding hydrogens is 380 g/mol. The average molecular weight is 396 g/mol. The molecule has 0 aliphatic rings. The van der Waals surface area contributed by atoms with Crippen molar-refractivity contribution in [2.24, 2.45) is 0 Å². The Bertz CT molecular complexity index is 1160. The van der Waals surface area contributed by atoms with E-state index >= 15 is 0 Å². The van der Waals surface area contributed by atoms with Crippen molar-refractivity contribution in [1.29, 1.82) is 0 Å². The first-order valence-corrected chi connectivity index (χ1v) is 9.95. The molecule has 9 heteroatoms. The molecule has 0 radical (unpaired) electrons. The maximum Gasteiger partial charge on any atom is 0.257 e. The molecule has 0 spiro atoms. The standard InChI is InChI=1S/C19H16N4O4S/c24-28(25,21-13-14-5-2-1-3-6-14)17-8-4-7-15(11-17)19-22-18(23-27-19)12-16-9-10-20-26-16/h1-11,21H,12-13H2. The van der Waals surface area contributed by atoms with E-state index in [0.29, 0.717) is 23.6 Å². The molecule has 4 aromatic rings. The monoisotopic (exact) mass is 396 g/mol. The highest BCUT2D eigenvalue weighted by atomic mass is 32.2. The number of rotatable bonds is 7. The lowest BCUT2D eigenvalue weighted by Crippen LogP contribution is -2.23. The fraction of sp³-hybridized carbons (Fsp3) is 0.105. The largest absolute Gasteiger partial charge is 0.361 e. The Labute approximate surface area is 161 Å². The summed E-state index contributed by atoms with van der Waals surface area (Å²) in [5.74, 6) is 1.26. The van der Waals surface area contributed by atoms with E-state index in [1.54, 1.807) is 18.2 Å². The molecular formula is C19H16N4O4S. The molecule has 0 atom stereocenters. The van der Waals surface area contributed by atoms with Crippen LogP contribution in [0.2, 0.25) is 0 Å². The van der Waals surface area contributed by atoms with Crippen LogP contribution >= 0.6 is 0 Å². The average Bonchev–Trinajstić information content (AvgIpc) is 3.40. The van der Waals surface area contributed by atoms with Gasteiger partial charge in [0.25, 0.3) is 5.89 Å². The molecule has 0 saturated carbocycles. The quantitative estimate of drug-likeness (QED) is 0.511. The summed E-state index contributed by atoms with van der Waals surface area (Å²) in [7, 11) is -3.69. The van der Waals surface area contributed by atoms with Gasteiger partial charge in [-0.15, -0.1) is 0 Å². The molecule has 142 valence electrons. The first-order chi connectivity index (χ1) is 13.6. The Morgan fingerprint density at radius 3 is 2.61 bits per heavy atom. The first-order valence-electron chi connectivity index (χ1n) is 8.46. The van der Waals surface area contributed by atoms with E-state index in [-0.39, 0.29) is 17.3 Å². The van der Waals surface area contributed by atoms with E-state index in [0.717, 1.165) is 5.56 Å². The Kier molecular flexibility index (Phi) is 5.00. The summed E-state index contributed by atoms with van der Waals surface area (Å²) < 4.78 is 38.1. The summed E-state index contributed by atoms with van der Waals surface area (Å²) in [6.07, 6.45) is 1.87. The predicted molar refractivity (Wildman–Crippen MR) is 99.5 cm³/mol. The molecule has 1 N–H and O–H groups in total. The van der Waals surface area contributed by atoms with E-state index in [9.17, 15) is 8.42 Å². The highest BCUT2D eigenvalue weighted by Gasteiger charge is 2.17. The zero-order valence-corrected chi connectivity index (χ0v) is 15.5. The summed E-state index contributed by atoms with van der Waals surface area (Å²) in [5.41, 5.74) is 1.38. The van der Waals surface area contributed by atoms with Gasteiger partial charge in [-0.3, -0.25) is 0 Å². The molecule has 0 amide bonds. The van der Waals surface area contributed by atoms with Crippen molar-refractivity contribution in [3.05, 3.63) is 84.0 Å². The van der Waals surface area contributed by atoms with Crippen molar-refractivity contribution in [3.63, 3.8) is 0 Å².